The summed E-state index contributed by atoms with van der Waals surface area (Å²) in [5, 5.41) is 1.94. The van der Waals surface area contributed by atoms with E-state index in [2.05, 4.69) is 96.5 Å². The third kappa shape index (κ3) is 4.33. The third-order valence-electron chi connectivity index (χ3n) is 8.94. The van der Waals surface area contributed by atoms with Gasteiger partial charge in [0.05, 0.1) is 0 Å². The molecule has 2 saturated carbocycles. The van der Waals surface area contributed by atoms with Gasteiger partial charge in [0.2, 0.25) is 7.29 Å². The van der Waals surface area contributed by atoms with Crippen molar-refractivity contribution < 1.29 is 4.57 Å². The Balaban J connectivity index is 1.49. The maximum atomic E-state index is 15.6. The van der Waals surface area contributed by atoms with E-state index in [4.69, 9.17) is 0 Å². The first kappa shape index (κ1) is 24.0. The zero-order valence-corrected chi connectivity index (χ0v) is 22.3. The molecule has 0 bridgehead atoms. The van der Waals surface area contributed by atoms with Crippen molar-refractivity contribution in [2.75, 3.05) is 6.54 Å². The molecule has 2 aliphatic carbocycles. The van der Waals surface area contributed by atoms with Gasteiger partial charge in [-0.3, -0.25) is 4.57 Å². The first-order chi connectivity index (χ1) is 17.7. The van der Waals surface area contributed by atoms with Gasteiger partial charge >= 0.3 is 0 Å². The van der Waals surface area contributed by atoms with E-state index in [-0.39, 0.29) is 5.41 Å². The first-order valence-electron chi connectivity index (χ1n) is 13.9. The second-order valence-electron chi connectivity index (χ2n) is 11.3. The number of benzene rings is 3. The van der Waals surface area contributed by atoms with Crippen molar-refractivity contribution in [2.24, 2.45) is 17.3 Å². The SMILES string of the molecule is CCCC[C@H]1C[C@@H]1[C@@H]1N(P(=O)(c2ccccc2)c2ccccc2)CC=C(c2ccccc2)CC12CC2. The molecule has 1 aliphatic heterocycles. The lowest BCUT2D eigenvalue weighted by Gasteiger charge is -2.41. The Hall–Kier alpha value is -2.41. The normalized spacial score (nSPS) is 25.2. The second-order valence-corrected chi connectivity index (χ2v) is 13.9. The van der Waals surface area contributed by atoms with Crippen LogP contribution < -0.4 is 10.6 Å². The summed E-state index contributed by atoms with van der Waals surface area (Å²) >= 11 is 0. The van der Waals surface area contributed by atoms with Gasteiger partial charge in [-0.05, 0) is 78.3 Å². The van der Waals surface area contributed by atoms with Crippen LogP contribution in [0.3, 0.4) is 0 Å². The molecule has 1 heterocycles. The van der Waals surface area contributed by atoms with Gasteiger partial charge in [0.15, 0.2) is 0 Å². The van der Waals surface area contributed by atoms with E-state index < -0.39 is 7.29 Å². The molecule has 3 aliphatic rings. The quantitative estimate of drug-likeness (QED) is 0.299. The molecule has 0 amide bonds. The lowest BCUT2D eigenvalue weighted by atomic mass is 9.84. The van der Waals surface area contributed by atoms with Gasteiger partial charge in [-0.15, -0.1) is 0 Å². The van der Waals surface area contributed by atoms with Gasteiger partial charge in [-0.1, -0.05) is 99.0 Å². The van der Waals surface area contributed by atoms with E-state index in [0.717, 1.165) is 29.5 Å². The van der Waals surface area contributed by atoms with E-state index in [1.165, 1.54) is 49.7 Å². The lowest BCUT2D eigenvalue weighted by Crippen LogP contribution is -2.45. The van der Waals surface area contributed by atoms with Crippen molar-refractivity contribution in [1.82, 2.24) is 4.67 Å². The number of nitrogens with zero attached hydrogens (tertiary/aromatic N) is 1. The van der Waals surface area contributed by atoms with E-state index in [9.17, 15) is 0 Å². The van der Waals surface area contributed by atoms with Crippen LogP contribution in [0.2, 0.25) is 0 Å². The van der Waals surface area contributed by atoms with Crippen LogP contribution in [-0.2, 0) is 4.57 Å². The minimum Gasteiger partial charge on any atom is -0.296 e. The molecule has 3 atom stereocenters. The molecule has 2 fully saturated rings. The van der Waals surface area contributed by atoms with Gasteiger partial charge in [-0.25, -0.2) is 4.67 Å². The smallest absolute Gasteiger partial charge is 0.207 e. The highest BCUT2D eigenvalue weighted by atomic mass is 31.2. The van der Waals surface area contributed by atoms with Gasteiger partial charge in [0.25, 0.3) is 0 Å². The average Bonchev–Trinajstić information content (AvgIpc) is 3.87. The minimum absolute atomic E-state index is 0.239. The van der Waals surface area contributed by atoms with Crippen LogP contribution in [0.1, 0.15) is 57.4 Å². The standard InChI is InChI=1S/C33H38NOP/c1-2-3-13-27-24-31(27)32-33(21-22-33)25-28(26-14-7-4-8-15-26)20-23-34(32)36(35,29-16-9-5-10-17-29)30-18-11-6-12-19-30/h4-12,14-20,27,31-32H,2-3,13,21-25H2,1H3/t27-,31-,32-/m0/s1. The fourth-order valence-corrected chi connectivity index (χ4v) is 9.94. The van der Waals surface area contributed by atoms with Gasteiger partial charge in [-0.2, -0.15) is 0 Å². The fourth-order valence-electron chi connectivity index (χ4n) is 6.82. The monoisotopic (exact) mass is 495 g/mol. The molecular weight excluding hydrogens is 457 g/mol. The first-order valence-corrected chi connectivity index (χ1v) is 15.5. The molecule has 0 unspecified atom stereocenters. The number of hydrogen-bond acceptors (Lipinski definition) is 1. The summed E-state index contributed by atoms with van der Waals surface area (Å²) in [7, 11) is -3.02. The largest absolute Gasteiger partial charge is 0.296 e. The van der Waals surface area contributed by atoms with Crippen LogP contribution in [0, 0.1) is 17.3 Å². The summed E-state index contributed by atoms with van der Waals surface area (Å²) in [4.78, 5) is 0. The summed E-state index contributed by atoms with van der Waals surface area (Å²) in [6.07, 6.45) is 11.2. The third-order valence-corrected chi connectivity index (χ3v) is 12.1. The predicted octanol–water partition coefficient (Wildman–Crippen LogP) is 7.68. The molecule has 1 spiro atoms. The molecule has 186 valence electrons. The van der Waals surface area contributed by atoms with Gasteiger partial charge < -0.3 is 0 Å². The highest BCUT2D eigenvalue weighted by Gasteiger charge is 2.62. The molecule has 6 rings (SSSR count). The molecule has 3 aromatic carbocycles. The molecule has 2 nitrogen and oxygen atoms in total. The molecule has 3 aromatic rings. The Bertz CT molecular complexity index is 1210. The van der Waals surface area contributed by atoms with E-state index in [1.54, 1.807) is 0 Å². The van der Waals surface area contributed by atoms with Crippen molar-refractivity contribution >= 4 is 23.5 Å². The summed E-state index contributed by atoms with van der Waals surface area (Å²) < 4.78 is 18.2. The topological polar surface area (TPSA) is 20.3 Å². The minimum atomic E-state index is -3.02. The van der Waals surface area contributed by atoms with Crippen molar-refractivity contribution in [3.05, 3.63) is 103 Å². The van der Waals surface area contributed by atoms with Crippen LogP contribution in [0.25, 0.3) is 5.57 Å². The van der Waals surface area contributed by atoms with Crippen LogP contribution in [0.5, 0.6) is 0 Å². The molecule has 0 saturated heterocycles. The summed E-state index contributed by atoms with van der Waals surface area (Å²) in [6, 6.07) is 31.9. The Morgan fingerprint density at radius 2 is 1.44 bits per heavy atom. The van der Waals surface area contributed by atoms with Crippen LogP contribution >= 0.6 is 7.29 Å². The summed E-state index contributed by atoms with van der Waals surface area (Å²) in [5.74, 6) is 1.44. The number of unbranched alkanes of at least 4 members (excludes halogenated alkanes) is 1. The molecule has 3 heteroatoms. The van der Waals surface area contributed by atoms with Gasteiger partial charge in [0, 0.05) is 23.2 Å². The van der Waals surface area contributed by atoms with E-state index in [0.29, 0.717) is 12.0 Å². The lowest BCUT2D eigenvalue weighted by molar-refractivity contribution is 0.205. The fraction of sp³-hybridized carbons (Fsp3) is 0.394. The Labute approximate surface area is 216 Å². The van der Waals surface area contributed by atoms with Crippen LogP contribution in [0.4, 0.5) is 0 Å². The zero-order valence-electron chi connectivity index (χ0n) is 21.4. The van der Waals surface area contributed by atoms with Gasteiger partial charge in [0.1, 0.15) is 0 Å². The number of hydrogen-bond donors (Lipinski definition) is 0. The maximum Gasteiger partial charge on any atom is 0.207 e. The molecule has 0 aromatic heterocycles. The zero-order chi connectivity index (χ0) is 24.6. The highest BCUT2D eigenvalue weighted by Crippen LogP contribution is 2.68. The molecular formula is C33H38NOP. The Morgan fingerprint density at radius 3 is 2.00 bits per heavy atom. The second kappa shape index (κ2) is 9.81. The van der Waals surface area contributed by atoms with Crippen molar-refractivity contribution in [3.63, 3.8) is 0 Å². The van der Waals surface area contributed by atoms with Crippen molar-refractivity contribution in [2.45, 2.75) is 57.9 Å². The van der Waals surface area contributed by atoms with Crippen LogP contribution in [0.15, 0.2) is 97.1 Å². The Morgan fingerprint density at radius 1 is 0.861 bits per heavy atom. The van der Waals surface area contributed by atoms with Crippen molar-refractivity contribution in [3.8, 4) is 0 Å². The van der Waals surface area contributed by atoms with E-state index >= 15 is 4.57 Å². The maximum absolute atomic E-state index is 15.6. The molecule has 0 radical (unpaired) electrons. The predicted molar refractivity (Wildman–Crippen MR) is 152 cm³/mol. The number of rotatable bonds is 8. The van der Waals surface area contributed by atoms with Crippen molar-refractivity contribution in [1.29, 1.82) is 0 Å². The van der Waals surface area contributed by atoms with E-state index in [1.807, 2.05) is 12.1 Å². The van der Waals surface area contributed by atoms with Crippen LogP contribution in [-0.4, -0.2) is 17.3 Å². The molecule has 0 N–H and O–H groups in total. The highest BCUT2D eigenvalue weighted by molar-refractivity contribution is 7.76. The summed E-state index contributed by atoms with van der Waals surface area (Å²) in [6.45, 7) is 3.04. The summed E-state index contributed by atoms with van der Waals surface area (Å²) in [5.41, 5.74) is 3.01. The Kier molecular flexibility index (Phi) is 6.53. The molecule has 36 heavy (non-hydrogen) atoms. The number of allylic oxidation sites excluding steroid dienone is 1. The average molecular weight is 496 g/mol.